The molecular weight excluding hydrogens is 320 g/mol. The summed E-state index contributed by atoms with van der Waals surface area (Å²) in [5, 5.41) is 9.49. The molecule has 2 heteroatoms. The van der Waals surface area contributed by atoms with Gasteiger partial charge in [0.15, 0.2) is 0 Å². The van der Waals surface area contributed by atoms with Crippen molar-refractivity contribution in [1.82, 2.24) is 0 Å². The summed E-state index contributed by atoms with van der Waals surface area (Å²) < 4.78 is 11.4. The Morgan fingerprint density at radius 1 is 0.423 bits per heavy atom. The van der Waals surface area contributed by atoms with E-state index in [2.05, 4.69) is 48.5 Å². The maximum Gasteiger partial charge on any atom is 0.127 e. The molecule has 0 saturated heterocycles. The van der Waals surface area contributed by atoms with Crippen LogP contribution in [0.25, 0.3) is 43.1 Å². The minimum Gasteiger partial charge on any atom is -0.496 e. The zero-order chi connectivity index (χ0) is 17.7. The van der Waals surface area contributed by atoms with Gasteiger partial charge in [0.1, 0.15) is 11.5 Å². The summed E-state index contributed by atoms with van der Waals surface area (Å²) in [5.41, 5.74) is 0. The lowest BCUT2D eigenvalue weighted by Crippen LogP contribution is -1.90. The van der Waals surface area contributed by atoms with Gasteiger partial charge in [-0.3, -0.25) is 0 Å². The molecule has 5 aromatic rings. The fourth-order valence-corrected chi connectivity index (χ4v) is 4.06. The van der Waals surface area contributed by atoms with Gasteiger partial charge in [0.05, 0.1) is 14.2 Å². The maximum absolute atomic E-state index is 5.72. The van der Waals surface area contributed by atoms with E-state index in [0.29, 0.717) is 0 Å². The van der Waals surface area contributed by atoms with Crippen LogP contribution in [0.1, 0.15) is 0 Å². The quantitative estimate of drug-likeness (QED) is 0.351. The monoisotopic (exact) mass is 338 g/mol. The van der Waals surface area contributed by atoms with Crippen LogP contribution >= 0.6 is 0 Å². The average molecular weight is 338 g/mol. The summed E-state index contributed by atoms with van der Waals surface area (Å²) in [6.45, 7) is 0. The first-order valence-corrected chi connectivity index (χ1v) is 8.69. The molecule has 0 aromatic heterocycles. The van der Waals surface area contributed by atoms with Crippen LogP contribution in [0, 0.1) is 0 Å². The molecule has 0 amide bonds. The first-order valence-electron chi connectivity index (χ1n) is 8.69. The molecule has 0 N–H and O–H groups in total. The van der Waals surface area contributed by atoms with Crippen LogP contribution in [0.3, 0.4) is 0 Å². The lowest BCUT2D eigenvalue weighted by molar-refractivity contribution is 0.420. The van der Waals surface area contributed by atoms with Crippen LogP contribution in [-0.4, -0.2) is 14.2 Å². The van der Waals surface area contributed by atoms with Crippen molar-refractivity contribution in [2.24, 2.45) is 0 Å². The van der Waals surface area contributed by atoms with E-state index >= 15 is 0 Å². The summed E-state index contributed by atoms with van der Waals surface area (Å²) in [6.07, 6.45) is 0. The largest absolute Gasteiger partial charge is 0.496 e. The van der Waals surface area contributed by atoms with Gasteiger partial charge in [0.2, 0.25) is 0 Å². The summed E-state index contributed by atoms with van der Waals surface area (Å²) in [5.74, 6) is 1.79. The molecule has 2 nitrogen and oxygen atoms in total. The molecule has 5 rings (SSSR count). The molecule has 0 saturated carbocycles. The summed E-state index contributed by atoms with van der Waals surface area (Å²) in [4.78, 5) is 0. The molecule has 26 heavy (non-hydrogen) atoms. The number of rotatable bonds is 2. The molecule has 0 fully saturated rings. The third-order valence-electron chi connectivity index (χ3n) is 5.21. The second-order valence-corrected chi connectivity index (χ2v) is 6.51. The van der Waals surface area contributed by atoms with Crippen molar-refractivity contribution in [3.63, 3.8) is 0 Å². The Morgan fingerprint density at radius 2 is 0.769 bits per heavy atom. The van der Waals surface area contributed by atoms with Gasteiger partial charge in [-0.15, -0.1) is 0 Å². The molecule has 0 unspecified atom stereocenters. The van der Waals surface area contributed by atoms with Crippen molar-refractivity contribution in [1.29, 1.82) is 0 Å². The van der Waals surface area contributed by atoms with Crippen molar-refractivity contribution >= 4 is 43.1 Å². The van der Waals surface area contributed by atoms with E-state index in [-0.39, 0.29) is 0 Å². The van der Waals surface area contributed by atoms with Gasteiger partial charge in [0.25, 0.3) is 0 Å². The first-order chi connectivity index (χ1) is 12.8. The number of benzene rings is 5. The van der Waals surface area contributed by atoms with Crippen LogP contribution in [-0.2, 0) is 0 Å². The van der Waals surface area contributed by atoms with Crippen molar-refractivity contribution in [3.05, 3.63) is 72.8 Å². The van der Waals surface area contributed by atoms with E-state index in [1.54, 1.807) is 14.2 Å². The number of hydrogen-bond acceptors (Lipinski definition) is 2. The number of methoxy groups -OCH3 is 2. The lowest BCUT2D eigenvalue weighted by atomic mass is 9.92. The molecule has 0 spiro atoms. The van der Waals surface area contributed by atoms with Gasteiger partial charge in [-0.1, -0.05) is 60.7 Å². The van der Waals surface area contributed by atoms with E-state index in [1.165, 1.54) is 32.3 Å². The second kappa shape index (κ2) is 5.63. The summed E-state index contributed by atoms with van der Waals surface area (Å²) in [7, 11) is 3.47. The van der Waals surface area contributed by atoms with E-state index in [1.807, 2.05) is 24.3 Å². The highest BCUT2D eigenvalue weighted by Gasteiger charge is 2.14. The number of ether oxygens (including phenoxy) is 2. The molecule has 0 radical (unpaired) electrons. The van der Waals surface area contributed by atoms with E-state index in [9.17, 15) is 0 Å². The number of fused-ring (bicyclic) bond motifs is 7. The van der Waals surface area contributed by atoms with Crippen LogP contribution in [0.5, 0.6) is 11.5 Å². The van der Waals surface area contributed by atoms with Crippen molar-refractivity contribution in [3.8, 4) is 11.5 Å². The molecule has 0 aliphatic heterocycles. The van der Waals surface area contributed by atoms with E-state index in [4.69, 9.17) is 9.47 Å². The normalized spacial score (nSPS) is 11.5. The molecule has 126 valence electrons. The van der Waals surface area contributed by atoms with Gasteiger partial charge < -0.3 is 9.47 Å². The van der Waals surface area contributed by atoms with Crippen molar-refractivity contribution in [2.75, 3.05) is 14.2 Å². The highest BCUT2D eigenvalue weighted by molar-refractivity contribution is 6.29. The Kier molecular flexibility index (Phi) is 3.26. The second-order valence-electron chi connectivity index (χ2n) is 6.51. The highest BCUT2D eigenvalue weighted by Crippen LogP contribution is 2.42. The third kappa shape index (κ3) is 1.99. The van der Waals surface area contributed by atoms with E-state index < -0.39 is 0 Å². The molecule has 5 aromatic carbocycles. The Bertz CT molecular complexity index is 1190. The SMILES string of the molecule is COc1cccc2ccc3ccc4ccc5cccc(OC)c5c4c3c12. The fraction of sp³-hybridized carbons (Fsp3) is 0.0833. The Hall–Kier alpha value is -3.26. The number of hydrogen-bond donors (Lipinski definition) is 0. The molecule has 0 aliphatic rings. The standard InChI is InChI=1S/C24H18O2/c1-25-19-7-3-5-15-9-11-17-13-14-18-12-10-16-6-4-8-20(26-2)22(16)24(18)23(17)21(15)19/h3-14H,1-2H3. The Morgan fingerprint density at radius 3 is 1.12 bits per heavy atom. The zero-order valence-corrected chi connectivity index (χ0v) is 14.7. The lowest BCUT2D eigenvalue weighted by Gasteiger charge is -2.14. The van der Waals surface area contributed by atoms with Gasteiger partial charge >= 0.3 is 0 Å². The highest BCUT2D eigenvalue weighted by atomic mass is 16.5. The van der Waals surface area contributed by atoms with Gasteiger partial charge in [-0.25, -0.2) is 0 Å². The van der Waals surface area contributed by atoms with Crippen LogP contribution in [0.2, 0.25) is 0 Å². The zero-order valence-electron chi connectivity index (χ0n) is 14.7. The topological polar surface area (TPSA) is 18.5 Å². The van der Waals surface area contributed by atoms with Crippen LogP contribution in [0.4, 0.5) is 0 Å². The smallest absolute Gasteiger partial charge is 0.127 e. The molecule has 0 heterocycles. The molecule has 0 atom stereocenters. The average Bonchev–Trinajstić information content (AvgIpc) is 2.71. The third-order valence-corrected chi connectivity index (χ3v) is 5.21. The summed E-state index contributed by atoms with van der Waals surface area (Å²) >= 11 is 0. The maximum atomic E-state index is 5.72. The van der Waals surface area contributed by atoms with Gasteiger partial charge in [-0.2, -0.15) is 0 Å². The van der Waals surface area contributed by atoms with Crippen molar-refractivity contribution in [2.45, 2.75) is 0 Å². The molecular formula is C24H18O2. The van der Waals surface area contributed by atoms with Crippen molar-refractivity contribution < 1.29 is 9.47 Å². The first kappa shape index (κ1) is 15.0. The van der Waals surface area contributed by atoms with Gasteiger partial charge in [0, 0.05) is 21.5 Å². The predicted octanol–water partition coefficient (Wildman–Crippen LogP) is 6.32. The van der Waals surface area contributed by atoms with E-state index in [0.717, 1.165) is 22.3 Å². The fourth-order valence-electron chi connectivity index (χ4n) is 4.06. The Labute approximate surface area is 151 Å². The minimum atomic E-state index is 0.896. The summed E-state index contributed by atoms with van der Waals surface area (Å²) in [6, 6.07) is 25.5. The van der Waals surface area contributed by atoms with Gasteiger partial charge in [-0.05, 0) is 33.7 Å². The molecule has 0 aliphatic carbocycles. The van der Waals surface area contributed by atoms with Crippen LogP contribution < -0.4 is 9.47 Å². The van der Waals surface area contributed by atoms with Crippen LogP contribution in [0.15, 0.2) is 72.8 Å². The minimum absolute atomic E-state index is 0.896. The predicted molar refractivity (Wildman–Crippen MR) is 110 cm³/mol. The Balaban J connectivity index is 2.18. The molecule has 0 bridgehead atoms.